The van der Waals surface area contributed by atoms with Crippen LogP contribution in [0.3, 0.4) is 0 Å². The highest BCUT2D eigenvalue weighted by Crippen LogP contribution is 2.09. The van der Waals surface area contributed by atoms with Gasteiger partial charge in [-0.05, 0) is 29.8 Å². The molecule has 20 heavy (non-hydrogen) atoms. The predicted molar refractivity (Wildman–Crippen MR) is 75.9 cm³/mol. The standard InChI is InChI=1S/C15H11N3O2/c16-10-12-5-2-1-4-11(12)7-8-14(19)18-13-6-3-9-17-15(13)20/h1-9H,(H,17,20)(H,18,19)/b8-7+. The maximum atomic E-state index is 11.7. The number of pyridine rings is 1. The Morgan fingerprint density at radius 1 is 1.25 bits per heavy atom. The molecule has 0 atom stereocenters. The third-order valence-corrected chi connectivity index (χ3v) is 2.57. The highest BCUT2D eigenvalue weighted by molar-refractivity contribution is 6.01. The number of anilines is 1. The number of nitriles is 1. The summed E-state index contributed by atoms with van der Waals surface area (Å²) in [6.07, 6.45) is 4.30. The van der Waals surface area contributed by atoms with E-state index < -0.39 is 5.91 Å². The molecule has 0 aliphatic rings. The van der Waals surface area contributed by atoms with Crippen LogP contribution in [-0.2, 0) is 4.79 Å². The number of nitrogens with one attached hydrogen (secondary N) is 2. The summed E-state index contributed by atoms with van der Waals surface area (Å²) in [5, 5.41) is 11.4. The molecule has 2 aromatic rings. The predicted octanol–water partition coefficient (Wildman–Crippen LogP) is 1.90. The first-order valence-corrected chi connectivity index (χ1v) is 5.86. The van der Waals surface area contributed by atoms with Gasteiger partial charge in [0.1, 0.15) is 5.69 Å². The van der Waals surface area contributed by atoms with Gasteiger partial charge in [0.15, 0.2) is 0 Å². The number of hydrogen-bond acceptors (Lipinski definition) is 3. The van der Waals surface area contributed by atoms with Gasteiger partial charge in [-0.2, -0.15) is 5.26 Å². The first-order chi connectivity index (χ1) is 9.70. The van der Waals surface area contributed by atoms with E-state index in [2.05, 4.69) is 10.3 Å². The number of benzene rings is 1. The Kier molecular flexibility index (Phi) is 4.10. The Hall–Kier alpha value is -3.13. The van der Waals surface area contributed by atoms with Crippen molar-refractivity contribution in [2.75, 3.05) is 5.32 Å². The normalized spacial score (nSPS) is 10.2. The van der Waals surface area contributed by atoms with Gasteiger partial charge in [-0.3, -0.25) is 9.59 Å². The average molecular weight is 265 g/mol. The maximum Gasteiger partial charge on any atom is 0.271 e. The van der Waals surface area contributed by atoms with Crippen molar-refractivity contribution < 1.29 is 4.79 Å². The lowest BCUT2D eigenvalue weighted by molar-refractivity contribution is -0.111. The summed E-state index contributed by atoms with van der Waals surface area (Å²) in [6, 6.07) is 12.1. The van der Waals surface area contributed by atoms with Crippen LogP contribution in [0, 0.1) is 11.3 Å². The molecule has 0 fully saturated rings. The van der Waals surface area contributed by atoms with E-state index in [0.717, 1.165) is 0 Å². The highest BCUT2D eigenvalue weighted by atomic mass is 16.2. The fourth-order valence-corrected chi connectivity index (χ4v) is 1.60. The molecule has 0 aliphatic heterocycles. The van der Waals surface area contributed by atoms with Gasteiger partial charge in [0.25, 0.3) is 5.56 Å². The van der Waals surface area contributed by atoms with Gasteiger partial charge in [0.05, 0.1) is 11.6 Å². The summed E-state index contributed by atoms with van der Waals surface area (Å²) in [5.41, 5.74) is 0.934. The minimum Gasteiger partial charge on any atom is -0.327 e. The summed E-state index contributed by atoms with van der Waals surface area (Å²) >= 11 is 0. The van der Waals surface area contributed by atoms with Crippen molar-refractivity contribution >= 4 is 17.7 Å². The molecule has 2 rings (SSSR count). The number of H-pyrrole nitrogens is 1. The lowest BCUT2D eigenvalue weighted by atomic mass is 10.1. The van der Waals surface area contributed by atoms with Crippen molar-refractivity contribution in [2.45, 2.75) is 0 Å². The number of aromatic amines is 1. The van der Waals surface area contributed by atoms with Crippen molar-refractivity contribution in [1.29, 1.82) is 5.26 Å². The zero-order chi connectivity index (χ0) is 14.4. The maximum absolute atomic E-state index is 11.7. The summed E-state index contributed by atoms with van der Waals surface area (Å²) < 4.78 is 0. The van der Waals surface area contributed by atoms with Crippen LogP contribution < -0.4 is 10.9 Å². The Labute approximate surface area is 115 Å². The van der Waals surface area contributed by atoms with Gasteiger partial charge in [0.2, 0.25) is 5.91 Å². The molecule has 0 spiro atoms. The van der Waals surface area contributed by atoms with Crippen LogP contribution in [-0.4, -0.2) is 10.9 Å². The van der Waals surface area contributed by atoms with Crippen molar-refractivity contribution in [3.63, 3.8) is 0 Å². The summed E-state index contributed by atoms with van der Waals surface area (Å²) in [4.78, 5) is 25.6. The monoisotopic (exact) mass is 265 g/mol. The average Bonchev–Trinajstić information content (AvgIpc) is 2.48. The van der Waals surface area contributed by atoms with E-state index in [1.807, 2.05) is 6.07 Å². The molecule has 0 saturated heterocycles. The summed E-state index contributed by atoms with van der Waals surface area (Å²) in [5.74, 6) is -0.436. The fraction of sp³-hybridized carbons (Fsp3) is 0. The number of hydrogen-bond donors (Lipinski definition) is 2. The number of nitrogens with zero attached hydrogens (tertiary/aromatic N) is 1. The molecule has 5 heteroatoms. The molecule has 98 valence electrons. The number of carbonyl (C=O) groups excluding carboxylic acids is 1. The highest BCUT2D eigenvalue weighted by Gasteiger charge is 2.02. The van der Waals surface area contributed by atoms with Crippen molar-refractivity contribution in [2.24, 2.45) is 0 Å². The topological polar surface area (TPSA) is 85.8 Å². The van der Waals surface area contributed by atoms with Crippen molar-refractivity contribution in [3.8, 4) is 6.07 Å². The molecular weight excluding hydrogens is 254 g/mol. The van der Waals surface area contributed by atoms with Crippen LogP contribution >= 0.6 is 0 Å². The molecule has 0 radical (unpaired) electrons. The van der Waals surface area contributed by atoms with Gasteiger partial charge >= 0.3 is 0 Å². The second-order valence-electron chi connectivity index (χ2n) is 3.93. The minimum absolute atomic E-state index is 0.177. The molecule has 1 aromatic carbocycles. The first kappa shape index (κ1) is 13.3. The van der Waals surface area contributed by atoms with Crippen LogP contribution in [0.4, 0.5) is 5.69 Å². The molecule has 0 unspecified atom stereocenters. The quantitative estimate of drug-likeness (QED) is 0.831. The van der Waals surface area contributed by atoms with Crippen LogP contribution in [0.1, 0.15) is 11.1 Å². The molecule has 0 bridgehead atoms. The van der Waals surface area contributed by atoms with Gasteiger partial charge in [-0.15, -0.1) is 0 Å². The number of rotatable bonds is 3. The summed E-state index contributed by atoms with van der Waals surface area (Å²) in [6.45, 7) is 0. The van der Waals surface area contributed by atoms with Crippen LogP contribution in [0.5, 0.6) is 0 Å². The largest absolute Gasteiger partial charge is 0.327 e. The third kappa shape index (κ3) is 3.21. The van der Waals surface area contributed by atoms with Crippen molar-refractivity contribution in [1.82, 2.24) is 4.98 Å². The molecule has 1 aromatic heterocycles. The number of aromatic nitrogens is 1. The Bertz CT molecular complexity index is 754. The minimum atomic E-state index is -0.436. The third-order valence-electron chi connectivity index (χ3n) is 2.57. The van der Waals surface area contributed by atoms with E-state index in [1.165, 1.54) is 24.4 Å². The Morgan fingerprint density at radius 2 is 2.05 bits per heavy atom. The van der Waals surface area contributed by atoms with Crippen LogP contribution in [0.25, 0.3) is 6.08 Å². The molecule has 0 saturated carbocycles. The molecule has 0 aliphatic carbocycles. The molecule has 1 amide bonds. The Balaban J connectivity index is 2.13. The van der Waals surface area contributed by atoms with E-state index in [4.69, 9.17) is 5.26 Å². The smallest absolute Gasteiger partial charge is 0.271 e. The second kappa shape index (κ2) is 6.16. The van der Waals surface area contributed by atoms with Crippen LogP contribution in [0.15, 0.2) is 53.5 Å². The van der Waals surface area contributed by atoms with Gasteiger partial charge in [0, 0.05) is 12.3 Å². The van der Waals surface area contributed by atoms with E-state index >= 15 is 0 Å². The fourth-order valence-electron chi connectivity index (χ4n) is 1.60. The Morgan fingerprint density at radius 3 is 2.80 bits per heavy atom. The summed E-state index contributed by atoms with van der Waals surface area (Å²) in [7, 11) is 0. The van der Waals surface area contributed by atoms with Gasteiger partial charge in [-0.1, -0.05) is 18.2 Å². The molecule has 2 N–H and O–H groups in total. The molecular formula is C15H11N3O2. The van der Waals surface area contributed by atoms with E-state index in [1.54, 1.807) is 30.3 Å². The van der Waals surface area contributed by atoms with Gasteiger partial charge in [-0.25, -0.2) is 0 Å². The number of amides is 1. The van der Waals surface area contributed by atoms with E-state index in [9.17, 15) is 9.59 Å². The zero-order valence-electron chi connectivity index (χ0n) is 10.5. The van der Waals surface area contributed by atoms with Gasteiger partial charge < -0.3 is 10.3 Å². The van der Waals surface area contributed by atoms with E-state index in [-0.39, 0.29) is 11.2 Å². The van der Waals surface area contributed by atoms with Crippen molar-refractivity contribution in [3.05, 3.63) is 70.2 Å². The van der Waals surface area contributed by atoms with Crippen LogP contribution in [0.2, 0.25) is 0 Å². The molecule has 5 nitrogen and oxygen atoms in total. The zero-order valence-corrected chi connectivity index (χ0v) is 10.5. The number of carbonyl (C=O) groups is 1. The SMILES string of the molecule is N#Cc1ccccc1/C=C/C(=O)Nc1ccc[nH]c1=O. The first-order valence-electron chi connectivity index (χ1n) is 5.86. The lowest BCUT2D eigenvalue weighted by Crippen LogP contribution is -2.17. The lowest BCUT2D eigenvalue weighted by Gasteiger charge is -2.00. The van der Waals surface area contributed by atoms with E-state index in [0.29, 0.717) is 11.1 Å². The second-order valence-corrected chi connectivity index (χ2v) is 3.93. The molecule has 1 heterocycles.